The van der Waals surface area contributed by atoms with E-state index in [4.69, 9.17) is 24.2 Å². The van der Waals surface area contributed by atoms with E-state index in [0.29, 0.717) is 50.1 Å². The van der Waals surface area contributed by atoms with E-state index in [1.807, 2.05) is 20.8 Å². The first kappa shape index (κ1) is 29.5. The maximum atomic E-state index is 13.0. The van der Waals surface area contributed by atoms with Crippen LogP contribution in [0.5, 0.6) is 11.9 Å². The monoisotopic (exact) mass is 588 g/mol. The molecular weight excluding hydrogens is 544 g/mol. The molecule has 230 valence electrons. The second kappa shape index (κ2) is 11.5. The van der Waals surface area contributed by atoms with E-state index < -0.39 is 11.2 Å². The second-order valence-electron chi connectivity index (χ2n) is 13.6. The molecule has 1 spiro atoms. The number of hydrogen-bond acceptors (Lipinski definition) is 9. The Balaban J connectivity index is 1.31. The Morgan fingerprint density at radius 3 is 2.74 bits per heavy atom. The predicted molar refractivity (Wildman–Crippen MR) is 162 cm³/mol. The van der Waals surface area contributed by atoms with E-state index in [1.54, 1.807) is 4.90 Å². The van der Waals surface area contributed by atoms with Gasteiger partial charge in [0.25, 0.3) is 0 Å². The molecule has 43 heavy (non-hydrogen) atoms. The fourth-order valence-electron chi connectivity index (χ4n) is 7.26. The van der Waals surface area contributed by atoms with Crippen LogP contribution in [0, 0.1) is 11.3 Å². The average Bonchev–Trinajstić information content (AvgIpc) is 3.50. The summed E-state index contributed by atoms with van der Waals surface area (Å²) in [6.07, 6.45) is 4.58. The van der Waals surface area contributed by atoms with E-state index in [0.717, 1.165) is 50.0 Å². The van der Waals surface area contributed by atoms with Crippen LogP contribution in [0.2, 0.25) is 0 Å². The molecule has 2 aromatic rings. The van der Waals surface area contributed by atoms with Crippen LogP contribution >= 0.6 is 0 Å². The van der Waals surface area contributed by atoms with Crippen molar-refractivity contribution in [2.45, 2.75) is 95.4 Å². The van der Waals surface area contributed by atoms with Gasteiger partial charge in [-0.2, -0.15) is 15.2 Å². The molecule has 2 unspecified atom stereocenters. The minimum atomic E-state index is -0.611. The van der Waals surface area contributed by atoms with E-state index in [9.17, 15) is 10.1 Å². The molecule has 1 amide bonds. The molecule has 10 nitrogen and oxygen atoms in total. The van der Waals surface area contributed by atoms with Gasteiger partial charge < -0.3 is 28.9 Å². The maximum absolute atomic E-state index is 13.0. The normalized spacial score (nSPS) is 26.9. The van der Waals surface area contributed by atoms with Crippen LogP contribution in [-0.2, 0) is 16.8 Å². The molecule has 1 aliphatic carbocycles. The number of benzene rings is 1. The Hall–Kier alpha value is -3.58. The van der Waals surface area contributed by atoms with Gasteiger partial charge in [0.1, 0.15) is 23.6 Å². The number of fused-ring (bicyclic) bond motifs is 3. The highest BCUT2D eigenvalue weighted by molar-refractivity contribution is 5.69. The van der Waals surface area contributed by atoms with Crippen LogP contribution in [0.1, 0.15) is 82.4 Å². The quantitative estimate of drug-likeness (QED) is 0.476. The summed E-state index contributed by atoms with van der Waals surface area (Å²) in [7, 11) is 2.13. The number of aromatic nitrogens is 2. The van der Waals surface area contributed by atoms with E-state index in [1.165, 1.54) is 11.1 Å². The fraction of sp³-hybridized carbons (Fsp3) is 0.636. The van der Waals surface area contributed by atoms with Gasteiger partial charge in [0.15, 0.2) is 0 Å². The number of rotatable bonds is 5. The Morgan fingerprint density at radius 2 is 2.00 bits per heavy atom. The van der Waals surface area contributed by atoms with Gasteiger partial charge in [-0.3, -0.25) is 0 Å². The number of nitriles is 1. The number of hydrogen-bond donors (Lipinski definition) is 0. The van der Waals surface area contributed by atoms with Crippen molar-refractivity contribution in [1.29, 1.82) is 5.26 Å². The number of carbonyl (C=O) groups is 1. The SMILES string of the molecule is CC1CC2(CCc3c(nc(OC[C@@H]4CCCN4C)nc3N3CCN(C(=O)OC(C)(C)C)[C@@H](CC#N)C3)O2)c2ccccc21. The van der Waals surface area contributed by atoms with Crippen molar-refractivity contribution in [2.24, 2.45) is 0 Å². The zero-order valence-corrected chi connectivity index (χ0v) is 26.1. The summed E-state index contributed by atoms with van der Waals surface area (Å²) in [4.78, 5) is 29.1. The Labute approximate surface area is 254 Å². The molecule has 0 bridgehead atoms. The van der Waals surface area contributed by atoms with Crippen LogP contribution in [0.4, 0.5) is 10.6 Å². The summed E-state index contributed by atoms with van der Waals surface area (Å²) in [5.41, 5.74) is 2.54. The van der Waals surface area contributed by atoms with Crippen LogP contribution in [0.15, 0.2) is 24.3 Å². The van der Waals surface area contributed by atoms with Gasteiger partial charge >= 0.3 is 12.1 Å². The molecule has 1 aromatic carbocycles. The van der Waals surface area contributed by atoms with Crippen LogP contribution in [0.25, 0.3) is 0 Å². The molecule has 4 heterocycles. The van der Waals surface area contributed by atoms with Crippen molar-refractivity contribution >= 4 is 11.9 Å². The van der Waals surface area contributed by atoms with Gasteiger partial charge in [0.2, 0.25) is 5.88 Å². The lowest BCUT2D eigenvalue weighted by atomic mass is 9.86. The topological polar surface area (TPSA) is 104 Å². The van der Waals surface area contributed by atoms with Crippen molar-refractivity contribution in [3.05, 3.63) is 41.0 Å². The smallest absolute Gasteiger partial charge is 0.410 e. The van der Waals surface area contributed by atoms with Crippen molar-refractivity contribution in [2.75, 3.05) is 44.7 Å². The van der Waals surface area contributed by atoms with E-state index >= 15 is 0 Å². The Morgan fingerprint density at radius 1 is 1.19 bits per heavy atom. The van der Waals surface area contributed by atoms with Gasteiger partial charge in [0.05, 0.1) is 24.1 Å². The largest absolute Gasteiger partial charge is 0.466 e. The third kappa shape index (κ3) is 5.84. The van der Waals surface area contributed by atoms with Crippen LogP contribution in [-0.4, -0.2) is 83.4 Å². The van der Waals surface area contributed by atoms with E-state index in [-0.39, 0.29) is 18.6 Å². The summed E-state index contributed by atoms with van der Waals surface area (Å²) in [6, 6.07) is 11.2. The lowest BCUT2D eigenvalue weighted by Crippen LogP contribution is -2.56. The zero-order chi connectivity index (χ0) is 30.4. The number of amides is 1. The van der Waals surface area contributed by atoms with Crippen molar-refractivity contribution in [3.8, 4) is 18.0 Å². The number of likely N-dealkylation sites (tertiary alicyclic amines) is 1. The minimum Gasteiger partial charge on any atom is -0.466 e. The summed E-state index contributed by atoms with van der Waals surface area (Å²) >= 11 is 0. The van der Waals surface area contributed by atoms with Gasteiger partial charge in [-0.1, -0.05) is 31.2 Å². The first-order valence-corrected chi connectivity index (χ1v) is 15.7. The first-order valence-electron chi connectivity index (χ1n) is 15.7. The van der Waals surface area contributed by atoms with Crippen molar-refractivity contribution < 1.29 is 19.0 Å². The van der Waals surface area contributed by atoms with Crippen LogP contribution < -0.4 is 14.4 Å². The zero-order valence-electron chi connectivity index (χ0n) is 26.1. The molecule has 6 rings (SSSR count). The molecule has 2 fully saturated rings. The third-order valence-electron chi connectivity index (χ3n) is 9.43. The molecule has 10 heteroatoms. The molecule has 0 radical (unpaired) electrons. The van der Waals surface area contributed by atoms with Gasteiger partial charge in [-0.05, 0) is 83.5 Å². The molecule has 4 atom stereocenters. The molecule has 3 aliphatic heterocycles. The average molecular weight is 589 g/mol. The van der Waals surface area contributed by atoms with Crippen LogP contribution in [0.3, 0.4) is 0 Å². The number of ether oxygens (including phenoxy) is 3. The number of anilines is 1. The molecule has 0 N–H and O–H groups in total. The standard InChI is InChI=1S/C33H44N6O4/c1-22-19-33(27-11-7-6-10-25(22)27)14-12-26-28(35-30(36-29(26)42-33)41-21-24-9-8-16-37(24)5)38-17-18-39(23(20-38)13-15-34)31(40)43-32(2,3)4/h6-7,10-11,22-24H,8-9,12-14,16-21H2,1-5H3/t22?,23-,24-,33?/m0/s1. The maximum Gasteiger partial charge on any atom is 0.410 e. The molecular formula is C33H44N6O4. The van der Waals surface area contributed by atoms with E-state index in [2.05, 4.69) is 54.1 Å². The summed E-state index contributed by atoms with van der Waals surface area (Å²) in [5, 5.41) is 9.64. The third-order valence-corrected chi connectivity index (χ3v) is 9.43. The van der Waals surface area contributed by atoms with Crippen molar-refractivity contribution in [1.82, 2.24) is 19.8 Å². The summed E-state index contributed by atoms with van der Waals surface area (Å²) in [6.45, 7) is 10.9. The Kier molecular flexibility index (Phi) is 7.88. The number of nitrogens with zero attached hydrogens (tertiary/aromatic N) is 6. The van der Waals surface area contributed by atoms with Crippen molar-refractivity contribution in [3.63, 3.8) is 0 Å². The fourth-order valence-corrected chi connectivity index (χ4v) is 7.26. The highest BCUT2D eigenvalue weighted by atomic mass is 16.6. The highest BCUT2D eigenvalue weighted by Gasteiger charge is 2.48. The van der Waals surface area contributed by atoms with Gasteiger partial charge in [-0.25, -0.2) is 4.79 Å². The summed E-state index contributed by atoms with van der Waals surface area (Å²) in [5.74, 6) is 1.77. The second-order valence-corrected chi connectivity index (χ2v) is 13.6. The Bertz CT molecular complexity index is 1400. The molecule has 1 aromatic heterocycles. The number of likely N-dealkylation sites (N-methyl/N-ethyl adjacent to an activating group) is 1. The lowest BCUT2D eigenvalue weighted by Gasteiger charge is -2.43. The molecule has 4 aliphatic rings. The minimum absolute atomic E-state index is 0.203. The number of piperazine rings is 1. The lowest BCUT2D eigenvalue weighted by molar-refractivity contribution is 0.0142. The molecule has 0 saturated carbocycles. The predicted octanol–water partition coefficient (Wildman–Crippen LogP) is 5.02. The highest BCUT2D eigenvalue weighted by Crippen LogP contribution is 2.53. The summed E-state index contributed by atoms with van der Waals surface area (Å²) < 4.78 is 18.9. The number of carbonyl (C=O) groups excluding carboxylic acids is 1. The van der Waals surface area contributed by atoms with Gasteiger partial charge in [0, 0.05) is 25.7 Å². The first-order chi connectivity index (χ1) is 20.6. The van der Waals surface area contributed by atoms with Gasteiger partial charge in [-0.15, -0.1) is 0 Å². The molecule has 2 saturated heterocycles.